The molecule has 0 aliphatic rings. The van der Waals surface area contributed by atoms with Crippen LogP contribution in [0.1, 0.15) is 5.56 Å². The standard InChI is InChI=1S/C18H15Cl2N3O/c19-15-8-16(20)10-17(9-15)23-12-14(11-21)18(24)22-7-6-13-4-2-1-3-5-13/h1-5,8-10,12,23H,6-7H2,(H,22,24)/b14-12-. The second-order valence-corrected chi connectivity index (χ2v) is 5.84. The summed E-state index contributed by atoms with van der Waals surface area (Å²) < 4.78 is 0. The van der Waals surface area contributed by atoms with Crippen molar-refractivity contribution in [1.29, 1.82) is 5.26 Å². The van der Waals surface area contributed by atoms with E-state index in [-0.39, 0.29) is 5.57 Å². The summed E-state index contributed by atoms with van der Waals surface area (Å²) >= 11 is 11.8. The number of nitriles is 1. The lowest BCUT2D eigenvalue weighted by Gasteiger charge is -2.06. The average molecular weight is 360 g/mol. The predicted octanol–water partition coefficient (Wildman–Crippen LogP) is 4.17. The highest BCUT2D eigenvalue weighted by Gasteiger charge is 2.08. The van der Waals surface area contributed by atoms with Gasteiger partial charge in [0.2, 0.25) is 0 Å². The van der Waals surface area contributed by atoms with Gasteiger partial charge in [-0.15, -0.1) is 0 Å². The van der Waals surface area contributed by atoms with Crippen molar-refractivity contribution in [2.75, 3.05) is 11.9 Å². The van der Waals surface area contributed by atoms with Crippen LogP contribution < -0.4 is 10.6 Å². The van der Waals surface area contributed by atoms with Crippen LogP contribution in [0.4, 0.5) is 5.69 Å². The monoisotopic (exact) mass is 359 g/mol. The Hall–Kier alpha value is -2.48. The summed E-state index contributed by atoms with van der Waals surface area (Å²) in [5.74, 6) is -0.436. The number of hydrogen-bond acceptors (Lipinski definition) is 3. The van der Waals surface area contributed by atoms with E-state index in [1.807, 2.05) is 36.4 Å². The highest BCUT2D eigenvalue weighted by atomic mass is 35.5. The SMILES string of the molecule is N#C/C(=C/Nc1cc(Cl)cc(Cl)c1)C(=O)NCCc1ccccc1. The molecule has 0 aliphatic carbocycles. The predicted molar refractivity (Wildman–Crippen MR) is 96.9 cm³/mol. The molecule has 6 heteroatoms. The Kier molecular flexibility index (Phi) is 6.68. The molecule has 0 bridgehead atoms. The smallest absolute Gasteiger partial charge is 0.263 e. The van der Waals surface area contributed by atoms with Crippen LogP contribution in [0.25, 0.3) is 0 Å². The summed E-state index contributed by atoms with van der Waals surface area (Å²) in [5.41, 5.74) is 1.68. The average Bonchev–Trinajstić information content (AvgIpc) is 2.55. The molecule has 0 saturated heterocycles. The fraction of sp³-hybridized carbons (Fsp3) is 0.111. The van der Waals surface area contributed by atoms with E-state index in [1.54, 1.807) is 18.2 Å². The first-order valence-electron chi connectivity index (χ1n) is 7.23. The Labute approximate surface area is 150 Å². The molecule has 2 aromatic rings. The fourth-order valence-electron chi connectivity index (χ4n) is 2.00. The van der Waals surface area contributed by atoms with Gasteiger partial charge in [0.05, 0.1) is 0 Å². The molecule has 0 spiro atoms. The molecule has 0 saturated carbocycles. The molecule has 2 aromatic carbocycles. The number of hydrogen-bond donors (Lipinski definition) is 2. The summed E-state index contributed by atoms with van der Waals surface area (Å²) in [6.45, 7) is 0.449. The third kappa shape index (κ3) is 5.62. The van der Waals surface area contributed by atoms with Crippen LogP contribution in [0.3, 0.4) is 0 Å². The molecule has 2 N–H and O–H groups in total. The van der Waals surface area contributed by atoms with Crippen molar-refractivity contribution >= 4 is 34.8 Å². The maximum Gasteiger partial charge on any atom is 0.263 e. The third-order valence-electron chi connectivity index (χ3n) is 3.15. The quantitative estimate of drug-likeness (QED) is 0.600. The summed E-state index contributed by atoms with van der Waals surface area (Å²) in [5, 5.41) is 15.6. The molecular formula is C18H15Cl2N3O. The normalized spacial score (nSPS) is 10.8. The number of amides is 1. The van der Waals surface area contributed by atoms with Gasteiger partial charge in [-0.05, 0) is 30.2 Å². The molecular weight excluding hydrogens is 345 g/mol. The number of rotatable bonds is 6. The van der Waals surface area contributed by atoms with Gasteiger partial charge in [0, 0.05) is 28.5 Å². The van der Waals surface area contributed by atoms with Crippen molar-refractivity contribution in [2.45, 2.75) is 6.42 Å². The second-order valence-electron chi connectivity index (χ2n) is 4.96. The molecule has 0 atom stereocenters. The Morgan fingerprint density at radius 1 is 1.12 bits per heavy atom. The van der Waals surface area contributed by atoms with Crippen molar-refractivity contribution in [3.63, 3.8) is 0 Å². The van der Waals surface area contributed by atoms with E-state index in [9.17, 15) is 4.79 Å². The summed E-state index contributed by atoms with van der Waals surface area (Å²) in [6, 6.07) is 16.5. The van der Waals surface area contributed by atoms with E-state index < -0.39 is 5.91 Å². The van der Waals surface area contributed by atoms with Crippen molar-refractivity contribution in [1.82, 2.24) is 5.32 Å². The van der Waals surface area contributed by atoms with E-state index >= 15 is 0 Å². The molecule has 0 radical (unpaired) electrons. The number of halogens is 2. The van der Waals surface area contributed by atoms with Crippen LogP contribution in [0.15, 0.2) is 60.3 Å². The summed E-state index contributed by atoms with van der Waals surface area (Å²) in [6.07, 6.45) is 2.03. The Morgan fingerprint density at radius 2 is 1.79 bits per heavy atom. The van der Waals surface area contributed by atoms with Gasteiger partial charge >= 0.3 is 0 Å². The largest absolute Gasteiger partial charge is 0.360 e. The lowest BCUT2D eigenvalue weighted by atomic mass is 10.1. The van der Waals surface area contributed by atoms with Crippen LogP contribution in [0.5, 0.6) is 0 Å². The van der Waals surface area contributed by atoms with E-state index in [1.165, 1.54) is 6.20 Å². The summed E-state index contributed by atoms with van der Waals surface area (Å²) in [7, 11) is 0. The first kappa shape index (κ1) is 17.9. The lowest BCUT2D eigenvalue weighted by molar-refractivity contribution is -0.117. The summed E-state index contributed by atoms with van der Waals surface area (Å²) in [4.78, 5) is 12.0. The second kappa shape index (κ2) is 8.97. The molecule has 4 nitrogen and oxygen atoms in total. The topological polar surface area (TPSA) is 64.9 Å². The van der Waals surface area contributed by atoms with Crippen LogP contribution in [-0.4, -0.2) is 12.5 Å². The van der Waals surface area contributed by atoms with Gasteiger partial charge in [-0.1, -0.05) is 53.5 Å². The first-order valence-corrected chi connectivity index (χ1v) is 7.99. The first-order chi connectivity index (χ1) is 11.6. The van der Waals surface area contributed by atoms with Crippen LogP contribution >= 0.6 is 23.2 Å². The third-order valence-corrected chi connectivity index (χ3v) is 3.59. The van der Waals surface area contributed by atoms with Gasteiger partial charge in [-0.2, -0.15) is 5.26 Å². The molecule has 24 heavy (non-hydrogen) atoms. The lowest BCUT2D eigenvalue weighted by Crippen LogP contribution is -2.27. The number of carbonyl (C=O) groups is 1. The van der Waals surface area contributed by atoms with Crippen molar-refractivity contribution < 1.29 is 4.79 Å². The Bertz CT molecular complexity index is 762. The highest BCUT2D eigenvalue weighted by Crippen LogP contribution is 2.22. The molecule has 0 heterocycles. The zero-order valence-corrected chi connectivity index (χ0v) is 14.2. The maximum absolute atomic E-state index is 12.0. The molecule has 0 fully saturated rings. The van der Waals surface area contributed by atoms with Gasteiger partial charge in [-0.25, -0.2) is 0 Å². The fourth-order valence-corrected chi connectivity index (χ4v) is 2.53. The number of nitrogens with zero attached hydrogens (tertiary/aromatic N) is 1. The van der Waals surface area contributed by atoms with Crippen molar-refractivity contribution in [3.05, 3.63) is 75.9 Å². The number of benzene rings is 2. The van der Waals surface area contributed by atoms with Gasteiger partial charge < -0.3 is 10.6 Å². The molecule has 0 unspecified atom stereocenters. The van der Waals surface area contributed by atoms with Gasteiger partial charge in [0.25, 0.3) is 5.91 Å². The van der Waals surface area contributed by atoms with Crippen LogP contribution in [0, 0.1) is 11.3 Å². The van der Waals surface area contributed by atoms with E-state index in [0.29, 0.717) is 28.7 Å². The Morgan fingerprint density at radius 3 is 2.42 bits per heavy atom. The number of carbonyl (C=O) groups excluding carboxylic acids is 1. The van der Waals surface area contributed by atoms with Crippen molar-refractivity contribution in [2.24, 2.45) is 0 Å². The number of nitrogens with one attached hydrogen (secondary N) is 2. The van der Waals surface area contributed by atoms with Crippen LogP contribution in [0.2, 0.25) is 10.0 Å². The van der Waals surface area contributed by atoms with Gasteiger partial charge in [0.1, 0.15) is 11.6 Å². The van der Waals surface area contributed by atoms with E-state index in [0.717, 1.165) is 5.56 Å². The minimum absolute atomic E-state index is 0.0286. The van der Waals surface area contributed by atoms with Gasteiger partial charge in [0.15, 0.2) is 0 Å². The zero-order chi connectivity index (χ0) is 17.4. The van der Waals surface area contributed by atoms with E-state index in [2.05, 4.69) is 10.6 Å². The van der Waals surface area contributed by atoms with Crippen LogP contribution in [-0.2, 0) is 11.2 Å². The molecule has 1 amide bonds. The van der Waals surface area contributed by atoms with Gasteiger partial charge in [-0.3, -0.25) is 4.79 Å². The molecule has 122 valence electrons. The number of anilines is 1. The molecule has 0 aromatic heterocycles. The maximum atomic E-state index is 12.0. The minimum Gasteiger partial charge on any atom is -0.360 e. The minimum atomic E-state index is -0.436. The highest BCUT2D eigenvalue weighted by molar-refractivity contribution is 6.35. The Balaban J connectivity index is 1.92. The zero-order valence-electron chi connectivity index (χ0n) is 12.7. The van der Waals surface area contributed by atoms with E-state index in [4.69, 9.17) is 28.5 Å². The molecule has 2 rings (SSSR count). The van der Waals surface area contributed by atoms with Crippen molar-refractivity contribution in [3.8, 4) is 6.07 Å². The molecule has 0 aliphatic heterocycles.